The number of nitrogens with one attached hydrogen (secondary N) is 1. The Morgan fingerprint density at radius 1 is 0.935 bits per heavy atom. The standard InChI is InChI=1S/C22H18FN7O/c1-31-17-8-6-16(7-9-17)29-13-12-15(27-29)14-24-20-10-11-21-25-26-22(30(21)28-20)18-4-2-3-5-19(18)23/h2-13H,14H2,1H3,(H,24,28). The highest BCUT2D eigenvalue weighted by molar-refractivity contribution is 5.60. The molecule has 9 heteroatoms. The fourth-order valence-corrected chi connectivity index (χ4v) is 3.21. The summed E-state index contributed by atoms with van der Waals surface area (Å²) in [5.74, 6) is 1.37. The van der Waals surface area contributed by atoms with Crippen molar-refractivity contribution in [1.82, 2.24) is 29.6 Å². The van der Waals surface area contributed by atoms with Crippen molar-refractivity contribution in [2.45, 2.75) is 6.54 Å². The fraction of sp³-hybridized carbons (Fsp3) is 0.0909. The second kappa shape index (κ2) is 7.86. The molecule has 0 aliphatic carbocycles. The van der Waals surface area contributed by atoms with Gasteiger partial charge in [0, 0.05) is 6.20 Å². The molecule has 5 rings (SSSR count). The van der Waals surface area contributed by atoms with E-state index in [1.165, 1.54) is 10.6 Å². The van der Waals surface area contributed by atoms with Crippen LogP contribution in [0.2, 0.25) is 0 Å². The molecule has 5 aromatic rings. The van der Waals surface area contributed by atoms with E-state index in [9.17, 15) is 4.39 Å². The minimum Gasteiger partial charge on any atom is -0.497 e. The fourth-order valence-electron chi connectivity index (χ4n) is 3.21. The van der Waals surface area contributed by atoms with Crippen LogP contribution >= 0.6 is 0 Å². The maximum absolute atomic E-state index is 14.2. The maximum atomic E-state index is 14.2. The van der Waals surface area contributed by atoms with E-state index in [0.717, 1.165) is 17.1 Å². The number of nitrogens with zero attached hydrogens (tertiary/aromatic N) is 6. The lowest BCUT2D eigenvalue weighted by Gasteiger charge is -2.06. The summed E-state index contributed by atoms with van der Waals surface area (Å²) in [6, 6.07) is 19.6. The Bertz CT molecular complexity index is 1340. The topological polar surface area (TPSA) is 82.2 Å². The third-order valence-electron chi connectivity index (χ3n) is 4.81. The Morgan fingerprint density at radius 3 is 2.58 bits per heavy atom. The molecule has 3 aromatic heterocycles. The predicted molar refractivity (Wildman–Crippen MR) is 114 cm³/mol. The SMILES string of the molecule is COc1ccc(-n2ccc(CNc3ccc4nnc(-c5ccccc5F)n4n3)n2)cc1. The maximum Gasteiger partial charge on any atom is 0.188 e. The van der Waals surface area contributed by atoms with Crippen LogP contribution in [0, 0.1) is 5.82 Å². The zero-order chi connectivity index (χ0) is 21.2. The van der Waals surface area contributed by atoms with Gasteiger partial charge in [-0.05, 0) is 54.6 Å². The van der Waals surface area contributed by atoms with E-state index in [0.29, 0.717) is 29.4 Å². The van der Waals surface area contributed by atoms with E-state index in [4.69, 9.17) is 4.74 Å². The van der Waals surface area contributed by atoms with Gasteiger partial charge in [0.1, 0.15) is 17.4 Å². The summed E-state index contributed by atoms with van der Waals surface area (Å²) >= 11 is 0. The number of halogens is 1. The molecule has 0 spiro atoms. The highest BCUT2D eigenvalue weighted by atomic mass is 19.1. The first-order valence-corrected chi connectivity index (χ1v) is 9.61. The van der Waals surface area contributed by atoms with Crippen molar-refractivity contribution >= 4 is 11.5 Å². The molecule has 0 aliphatic heterocycles. The second-order valence-electron chi connectivity index (χ2n) is 6.80. The second-order valence-corrected chi connectivity index (χ2v) is 6.80. The summed E-state index contributed by atoms with van der Waals surface area (Å²) in [7, 11) is 1.64. The number of rotatable bonds is 6. The summed E-state index contributed by atoms with van der Waals surface area (Å²) in [5, 5.41) is 20.5. The summed E-state index contributed by atoms with van der Waals surface area (Å²) < 4.78 is 22.7. The van der Waals surface area contributed by atoms with Crippen LogP contribution in [0.4, 0.5) is 10.2 Å². The molecule has 0 fully saturated rings. The number of hydrogen-bond acceptors (Lipinski definition) is 6. The minimum atomic E-state index is -0.374. The number of benzene rings is 2. The molecule has 0 amide bonds. The van der Waals surface area contributed by atoms with Crippen LogP contribution in [0.25, 0.3) is 22.7 Å². The summed E-state index contributed by atoms with van der Waals surface area (Å²) in [6.07, 6.45) is 1.89. The highest BCUT2D eigenvalue weighted by Gasteiger charge is 2.13. The number of anilines is 1. The summed E-state index contributed by atoms with van der Waals surface area (Å²) in [6.45, 7) is 0.471. The Balaban J connectivity index is 1.35. The third-order valence-corrected chi connectivity index (χ3v) is 4.81. The van der Waals surface area contributed by atoms with Crippen LogP contribution in [-0.2, 0) is 6.54 Å². The molecular formula is C22H18FN7O. The molecule has 0 radical (unpaired) electrons. The average molecular weight is 415 g/mol. The predicted octanol–water partition coefficient (Wildman–Crippen LogP) is 3.74. The van der Waals surface area contributed by atoms with Crippen LogP contribution in [0.1, 0.15) is 5.69 Å². The molecule has 2 aromatic carbocycles. The largest absolute Gasteiger partial charge is 0.497 e. The number of ether oxygens (including phenoxy) is 1. The van der Waals surface area contributed by atoms with Gasteiger partial charge < -0.3 is 10.1 Å². The van der Waals surface area contributed by atoms with E-state index in [1.54, 1.807) is 42.1 Å². The number of methoxy groups -OCH3 is 1. The Labute approximate surface area is 176 Å². The van der Waals surface area contributed by atoms with Gasteiger partial charge in [-0.3, -0.25) is 0 Å². The van der Waals surface area contributed by atoms with Crippen molar-refractivity contribution in [3.05, 3.63) is 84.4 Å². The van der Waals surface area contributed by atoms with Gasteiger partial charge in [-0.2, -0.15) is 9.61 Å². The molecule has 31 heavy (non-hydrogen) atoms. The number of aromatic nitrogens is 6. The van der Waals surface area contributed by atoms with Crippen molar-refractivity contribution in [2.75, 3.05) is 12.4 Å². The lowest BCUT2D eigenvalue weighted by Crippen LogP contribution is -2.06. The molecule has 8 nitrogen and oxygen atoms in total. The molecule has 0 saturated carbocycles. The molecule has 0 saturated heterocycles. The quantitative estimate of drug-likeness (QED) is 0.455. The molecule has 0 atom stereocenters. The molecule has 1 N–H and O–H groups in total. The molecule has 0 unspecified atom stereocenters. The van der Waals surface area contributed by atoms with Crippen LogP contribution < -0.4 is 10.1 Å². The highest BCUT2D eigenvalue weighted by Crippen LogP contribution is 2.21. The molecule has 154 valence electrons. The van der Waals surface area contributed by atoms with Gasteiger partial charge in [-0.25, -0.2) is 9.07 Å². The molecule has 3 heterocycles. The van der Waals surface area contributed by atoms with Crippen molar-refractivity contribution < 1.29 is 9.13 Å². The van der Waals surface area contributed by atoms with Crippen molar-refractivity contribution in [3.63, 3.8) is 0 Å². The lowest BCUT2D eigenvalue weighted by molar-refractivity contribution is 0.414. The Morgan fingerprint density at radius 2 is 1.77 bits per heavy atom. The van der Waals surface area contributed by atoms with Gasteiger partial charge in [-0.1, -0.05) is 12.1 Å². The average Bonchev–Trinajstić information content (AvgIpc) is 3.45. The molecule has 0 bridgehead atoms. The van der Waals surface area contributed by atoms with Crippen LogP contribution in [-0.4, -0.2) is 36.7 Å². The zero-order valence-electron chi connectivity index (χ0n) is 16.6. The van der Waals surface area contributed by atoms with Gasteiger partial charge in [0.05, 0.1) is 30.6 Å². The molecular weight excluding hydrogens is 397 g/mol. The third kappa shape index (κ3) is 3.68. The number of hydrogen-bond donors (Lipinski definition) is 1. The molecule has 0 aliphatic rings. The van der Waals surface area contributed by atoms with Gasteiger partial charge in [-0.15, -0.1) is 15.3 Å². The van der Waals surface area contributed by atoms with Gasteiger partial charge in [0.2, 0.25) is 0 Å². The first kappa shape index (κ1) is 18.7. The van der Waals surface area contributed by atoms with Gasteiger partial charge >= 0.3 is 0 Å². The van der Waals surface area contributed by atoms with E-state index in [1.807, 2.05) is 36.5 Å². The zero-order valence-corrected chi connectivity index (χ0v) is 16.6. The van der Waals surface area contributed by atoms with E-state index in [2.05, 4.69) is 25.7 Å². The summed E-state index contributed by atoms with van der Waals surface area (Å²) in [4.78, 5) is 0. The Kier molecular flexibility index (Phi) is 4.75. The minimum absolute atomic E-state index is 0.345. The van der Waals surface area contributed by atoms with Crippen LogP contribution in [0.3, 0.4) is 0 Å². The van der Waals surface area contributed by atoms with Gasteiger partial charge in [0.25, 0.3) is 0 Å². The van der Waals surface area contributed by atoms with Crippen molar-refractivity contribution in [1.29, 1.82) is 0 Å². The normalized spacial score (nSPS) is 11.0. The lowest BCUT2D eigenvalue weighted by atomic mass is 10.2. The smallest absolute Gasteiger partial charge is 0.188 e. The van der Waals surface area contributed by atoms with Crippen molar-refractivity contribution in [3.8, 4) is 22.8 Å². The summed E-state index contributed by atoms with van der Waals surface area (Å²) in [5.41, 5.74) is 2.66. The van der Waals surface area contributed by atoms with Crippen LogP contribution in [0.15, 0.2) is 72.9 Å². The van der Waals surface area contributed by atoms with Crippen molar-refractivity contribution in [2.24, 2.45) is 0 Å². The number of fused-ring (bicyclic) bond motifs is 1. The van der Waals surface area contributed by atoms with E-state index < -0.39 is 0 Å². The van der Waals surface area contributed by atoms with E-state index >= 15 is 0 Å². The first-order valence-electron chi connectivity index (χ1n) is 9.61. The van der Waals surface area contributed by atoms with E-state index in [-0.39, 0.29) is 5.82 Å². The monoisotopic (exact) mass is 415 g/mol. The van der Waals surface area contributed by atoms with Crippen LogP contribution in [0.5, 0.6) is 5.75 Å². The Hall–Kier alpha value is -4.27. The first-order chi connectivity index (χ1) is 15.2. The van der Waals surface area contributed by atoms with Gasteiger partial charge in [0.15, 0.2) is 11.5 Å².